The van der Waals surface area contributed by atoms with Crippen molar-refractivity contribution >= 4 is 29.3 Å². The van der Waals surface area contributed by atoms with E-state index in [9.17, 15) is 19.5 Å². The SMILES string of the molecule is N=C(N)c1ccc(NC(=O)C2CC2C(=O)NC(Cc2ccccc2)C(=O)O)cc1. The van der Waals surface area contributed by atoms with E-state index in [0.717, 1.165) is 5.56 Å². The summed E-state index contributed by atoms with van der Waals surface area (Å²) in [5.41, 5.74) is 7.29. The first-order valence-corrected chi connectivity index (χ1v) is 9.17. The average Bonchev–Trinajstić information content (AvgIpc) is 3.50. The standard InChI is InChI=1S/C21H22N4O4/c22-18(23)13-6-8-14(9-7-13)24-19(26)15-11-16(15)20(27)25-17(21(28)29)10-12-4-2-1-3-5-12/h1-9,15-17H,10-11H2,(H3,22,23)(H,24,26)(H,25,27)(H,28,29). The fraction of sp³-hybridized carbons (Fsp3) is 0.238. The van der Waals surface area contributed by atoms with Crippen molar-refractivity contribution in [3.8, 4) is 0 Å². The molecular weight excluding hydrogens is 372 g/mol. The Bertz CT molecular complexity index is 927. The summed E-state index contributed by atoms with van der Waals surface area (Å²) in [6.45, 7) is 0. The highest BCUT2D eigenvalue weighted by Crippen LogP contribution is 2.39. The van der Waals surface area contributed by atoms with Gasteiger partial charge >= 0.3 is 5.97 Å². The number of hydrogen-bond acceptors (Lipinski definition) is 4. The molecule has 3 rings (SSSR count). The third kappa shape index (κ3) is 5.19. The Morgan fingerprint density at radius 2 is 1.66 bits per heavy atom. The van der Waals surface area contributed by atoms with Crippen LogP contribution >= 0.6 is 0 Å². The van der Waals surface area contributed by atoms with Crippen molar-refractivity contribution in [2.75, 3.05) is 5.32 Å². The fourth-order valence-corrected chi connectivity index (χ4v) is 3.07. The van der Waals surface area contributed by atoms with Gasteiger partial charge in [-0.25, -0.2) is 4.79 Å². The number of nitrogen functional groups attached to an aromatic ring is 1. The lowest BCUT2D eigenvalue weighted by Gasteiger charge is -2.14. The molecule has 1 saturated carbocycles. The van der Waals surface area contributed by atoms with Gasteiger partial charge in [0.1, 0.15) is 11.9 Å². The minimum absolute atomic E-state index is 0.0645. The quantitative estimate of drug-likeness (QED) is 0.339. The summed E-state index contributed by atoms with van der Waals surface area (Å²) in [4.78, 5) is 36.2. The Hall–Kier alpha value is -3.68. The maximum Gasteiger partial charge on any atom is 0.326 e. The first-order valence-electron chi connectivity index (χ1n) is 9.17. The number of nitrogens with one attached hydrogen (secondary N) is 3. The number of anilines is 1. The third-order valence-electron chi connectivity index (χ3n) is 4.82. The average molecular weight is 394 g/mol. The molecular formula is C21H22N4O4. The van der Waals surface area contributed by atoms with Crippen molar-refractivity contribution < 1.29 is 19.5 Å². The number of carbonyl (C=O) groups is 3. The number of aliphatic carboxylic acids is 1. The van der Waals surface area contributed by atoms with Crippen LogP contribution in [0.15, 0.2) is 54.6 Å². The van der Waals surface area contributed by atoms with Gasteiger partial charge in [-0.2, -0.15) is 0 Å². The Kier molecular flexibility index (Phi) is 5.92. The van der Waals surface area contributed by atoms with Crippen LogP contribution in [-0.2, 0) is 20.8 Å². The summed E-state index contributed by atoms with van der Waals surface area (Å²) in [7, 11) is 0. The van der Waals surface area contributed by atoms with Crippen LogP contribution in [0.2, 0.25) is 0 Å². The number of carboxylic acid groups (broad SMARTS) is 1. The number of amidine groups is 1. The zero-order valence-electron chi connectivity index (χ0n) is 15.6. The van der Waals surface area contributed by atoms with Gasteiger partial charge in [-0.1, -0.05) is 30.3 Å². The molecule has 1 aliphatic carbocycles. The fourth-order valence-electron chi connectivity index (χ4n) is 3.07. The molecule has 3 atom stereocenters. The van der Waals surface area contributed by atoms with Crippen LogP contribution in [0, 0.1) is 17.2 Å². The molecule has 2 aromatic carbocycles. The van der Waals surface area contributed by atoms with Crippen LogP contribution in [0.5, 0.6) is 0 Å². The molecule has 0 saturated heterocycles. The van der Waals surface area contributed by atoms with Crippen LogP contribution in [0.25, 0.3) is 0 Å². The van der Waals surface area contributed by atoms with E-state index in [-0.39, 0.29) is 18.2 Å². The molecule has 3 unspecified atom stereocenters. The number of benzene rings is 2. The van der Waals surface area contributed by atoms with Gasteiger partial charge in [0.25, 0.3) is 0 Å². The largest absolute Gasteiger partial charge is 0.480 e. The number of nitrogens with two attached hydrogens (primary N) is 1. The van der Waals surface area contributed by atoms with Gasteiger partial charge in [-0.3, -0.25) is 15.0 Å². The highest BCUT2D eigenvalue weighted by atomic mass is 16.4. The summed E-state index contributed by atoms with van der Waals surface area (Å²) in [5.74, 6) is -2.94. The summed E-state index contributed by atoms with van der Waals surface area (Å²) < 4.78 is 0. The van der Waals surface area contributed by atoms with Gasteiger partial charge in [0.15, 0.2) is 0 Å². The second kappa shape index (κ2) is 8.55. The summed E-state index contributed by atoms with van der Waals surface area (Å²) in [5, 5.41) is 22.0. The van der Waals surface area contributed by atoms with Crippen LogP contribution in [0.1, 0.15) is 17.5 Å². The molecule has 8 heteroatoms. The van der Waals surface area contributed by atoms with Gasteiger partial charge in [0.05, 0.1) is 11.8 Å². The molecule has 8 nitrogen and oxygen atoms in total. The minimum Gasteiger partial charge on any atom is -0.480 e. The highest BCUT2D eigenvalue weighted by molar-refractivity contribution is 6.00. The number of carbonyl (C=O) groups excluding carboxylic acids is 2. The lowest BCUT2D eigenvalue weighted by Crippen LogP contribution is -2.43. The van der Waals surface area contributed by atoms with Gasteiger partial charge in [-0.15, -0.1) is 0 Å². The Labute approximate surface area is 167 Å². The van der Waals surface area contributed by atoms with Crippen molar-refractivity contribution in [1.82, 2.24) is 5.32 Å². The molecule has 0 heterocycles. The van der Waals surface area contributed by atoms with E-state index in [2.05, 4.69) is 10.6 Å². The maximum atomic E-state index is 12.4. The van der Waals surface area contributed by atoms with Crippen molar-refractivity contribution in [2.24, 2.45) is 17.6 Å². The van der Waals surface area contributed by atoms with Gasteiger partial charge in [0, 0.05) is 17.7 Å². The summed E-state index contributed by atoms with van der Waals surface area (Å²) in [6, 6.07) is 14.5. The molecule has 29 heavy (non-hydrogen) atoms. The van der Waals surface area contributed by atoms with Gasteiger partial charge in [-0.05, 0) is 36.2 Å². The molecule has 150 valence electrons. The van der Waals surface area contributed by atoms with Crippen molar-refractivity contribution in [2.45, 2.75) is 18.9 Å². The van der Waals surface area contributed by atoms with E-state index in [0.29, 0.717) is 17.7 Å². The minimum atomic E-state index is -1.12. The number of rotatable bonds is 8. The summed E-state index contributed by atoms with van der Waals surface area (Å²) >= 11 is 0. The molecule has 1 fully saturated rings. The van der Waals surface area contributed by atoms with E-state index < -0.39 is 29.8 Å². The molecule has 6 N–H and O–H groups in total. The normalized spacial score (nSPS) is 18.3. The molecule has 2 amide bonds. The Morgan fingerprint density at radius 3 is 2.24 bits per heavy atom. The third-order valence-corrected chi connectivity index (χ3v) is 4.82. The highest BCUT2D eigenvalue weighted by Gasteiger charge is 2.48. The lowest BCUT2D eigenvalue weighted by atomic mass is 10.1. The van der Waals surface area contributed by atoms with E-state index >= 15 is 0 Å². The topological polar surface area (TPSA) is 145 Å². The number of carboxylic acids is 1. The Balaban J connectivity index is 1.53. The molecule has 0 spiro atoms. The van der Waals surface area contributed by atoms with Crippen molar-refractivity contribution in [3.05, 3.63) is 65.7 Å². The zero-order valence-corrected chi connectivity index (χ0v) is 15.6. The molecule has 0 bridgehead atoms. The summed E-state index contributed by atoms with van der Waals surface area (Å²) in [6.07, 6.45) is 0.550. The van der Waals surface area contributed by atoms with Crippen molar-refractivity contribution in [1.29, 1.82) is 5.41 Å². The lowest BCUT2D eigenvalue weighted by molar-refractivity contribution is -0.142. The Morgan fingerprint density at radius 1 is 1.03 bits per heavy atom. The second-order valence-electron chi connectivity index (χ2n) is 7.02. The molecule has 0 aromatic heterocycles. The molecule has 2 aromatic rings. The van der Waals surface area contributed by atoms with Crippen LogP contribution in [0.4, 0.5) is 5.69 Å². The van der Waals surface area contributed by atoms with E-state index in [1.54, 1.807) is 48.5 Å². The predicted molar refractivity (Wildman–Crippen MR) is 107 cm³/mol. The van der Waals surface area contributed by atoms with Gasteiger partial charge in [0.2, 0.25) is 11.8 Å². The molecule has 0 radical (unpaired) electrons. The zero-order chi connectivity index (χ0) is 21.0. The van der Waals surface area contributed by atoms with Crippen LogP contribution in [-0.4, -0.2) is 34.8 Å². The first-order chi connectivity index (χ1) is 13.8. The molecule has 0 aliphatic heterocycles. The maximum absolute atomic E-state index is 12.4. The molecule has 1 aliphatic rings. The number of amides is 2. The van der Waals surface area contributed by atoms with E-state index in [4.69, 9.17) is 11.1 Å². The monoisotopic (exact) mass is 394 g/mol. The number of hydrogen-bond donors (Lipinski definition) is 5. The second-order valence-corrected chi connectivity index (χ2v) is 7.02. The smallest absolute Gasteiger partial charge is 0.326 e. The van der Waals surface area contributed by atoms with E-state index in [1.165, 1.54) is 0 Å². The van der Waals surface area contributed by atoms with Gasteiger partial charge < -0.3 is 21.5 Å². The predicted octanol–water partition coefficient (Wildman–Crippen LogP) is 1.36. The van der Waals surface area contributed by atoms with Crippen LogP contribution < -0.4 is 16.4 Å². The van der Waals surface area contributed by atoms with Crippen LogP contribution in [0.3, 0.4) is 0 Å². The first kappa shape index (κ1) is 20.1. The van der Waals surface area contributed by atoms with E-state index in [1.807, 2.05) is 6.07 Å². The van der Waals surface area contributed by atoms with Crippen molar-refractivity contribution in [3.63, 3.8) is 0 Å².